The van der Waals surface area contributed by atoms with Crippen molar-refractivity contribution in [2.24, 2.45) is 0 Å². The molecule has 2 aliphatic heterocycles. The summed E-state index contributed by atoms with van der Waals surface area (Å²) in [5, 5.41) is 1.35. The molecular formula is C31H33ClN8O3. The van der Waals surface area contributed by atoms with Crippen LogP contribution in [0.5, 0.6) is 5.88 Å². The van der Waals surface area contributed by atoms with Crippen molar-refractivity contribution in [3.63, 3.8) is 0 Å². The molecule has 0 atom stereocenters. The second kappa shape index (κ2) is 11.8. The van der Waals surface area contributed by atoms with Crippen molar-refractivity contribution >= 4 is 39.7 Å². The van der Waals surface area contributed by atoms with Gasteiger partial charge in [-0.3, -0.25) is 19.2 Å². The normalized spacial score (nSPS) is 16.4. The first-order valence-corrected chi connectivity index (χ1v) is 15.2. The van der Waals surface area contributed by atoms with Crippen LogP contribution in [0.4, 0.5) is 0 Å². The van der Waals surface area contributed by atoms with Crippen molar-refractivity contribution < 1.29 is 9.53 Å². The van der Waals surface area contributed by atoms with Crippen molar-refractivity contribution in [3.05, 3.63) is 70.6 Å². The number of piperidine rings is 1. The number of hydrogen-bond donors (Lipinski definition) is 1. The van der Waals surface area contributed by atoms with E-state index < -0.39 is 0 Å². The zero-order valence-electron chi connectivity index (χ0n) is 23.8. The van der Waals surface area contributed by atoms with Crippen molar-refractivity contribution in [1.82, 2.24) is 38.9 Å². The summed E-state index contributed by atoms with van der Waals surface area (Å²) < 4.78 is 9.87. The first-order chi connectivity index (χ1) is 21.1. The number of nitrogens with zero attached hydrogens (tertiary/aromatic N) is 7. The van der Waals surface area contributed by atoms with E-state index in [9.17, 15) is 9.59 Å². The van der Waals surface area contributed by atoms with E-state index >= 15 is 0 Å². The van der Waals surface area contributed by atoms with Gasteiger partial charge < -0.3 is 14.2 Å². The molecule has 2 aliphatic rings. The van der Waals surface area contributed by atoms with Crippen LogP contribution in [-0.2, 0) is 11.3 Å². The van der Waals surface area contributed by atoms with Gasteiger partial charge in [-0.25, -0.2) is 19.7 Å². The summed E-state index contributed by atoms with van der Waals surface area (Å²) in [6.07, 6.45) is 8.90. The number of imidazole rings is 1. The van der Waals surface area contributed by atoms with Crippen LogP contribution in [0.1, 0.15) is 31.7 Å². The lowest BCUT2D eigenvalue weighted by molar-refractivity contribution is -0.133. The van der Waals surface area contributed by atoms with E-state index in [-0.39, 0.29) is 24.2 Å². The number of likely N-dealkylation sites (tertiary alicyclic amines) is 2. The number of rotatable bonds is 8. The van der Waals surface area contributed by atoms with Crippen molar-refractivity contribution in [3.8, 4) is 17.0 Å². The average Bonchev–Trinajstić information content (AvgIpc) is 3.75. The molecule has 1 amide bonds. The third kappa shape index (κ3) is 5.38. The summed E-state index contributed by atoms with van der Waals surface area (Å²) in [6, 6.07) is 11.4. The summed E-state index contributed by atoms with van der Waals surface area (Å²) >= 11 is 6.64. The molecule has 0 saturated carbocycles. The molecule has 1 N–H and O–H groups in total. The number of halogens is 1. The average molecular weight is 601 g/mol. The molecule has 1 aromatic carbocycles. The molecule has 4 aromatic heterocycles. The van der Waals surface area contributed by atoms with Crippen molar-refractivity contribution in [2.75, 3.05) is 39.3 Å². The van der Waals surface area contributed by atoms with Gasteiger partial charge in [0.05, 0.1) is 10.9 Å². The number of aromatic amines is 1. The zero-order chi connectivity index (χ0) is 29.3. The first kappa shape index (κ1) is 27.6. The van der Waals surface area contributed by atoms with Crippen LogP contribution in [0.3, 0.4) is 0 Å². The van der Waals surface area contributed by atoms with E-state index in [1.165, 1.54) is 19.2 Å². The number of carbonyl (C=O) groups excluding carboxylic acids is 1. The Morgan fingerprint density at radius 1 is 1.00 bits per heavy atom. The Morgan fingerprint density at radius 2 is 1.81 bits per heavy atom. The summed E-state index contributed by atoms with van der Waals surface area (Å²) in [5.41, 5.74) is 3.50. The lowest BCUT2D eigenvalue weighted by Crippen LogP contribution is -2.41. The maximum atomic E-state index is 13.6. The molecular weight excluding hydrogens is 568 g/mol. The smallest absolute Gasteiger partial charge is 0.327 e. The van der Waals surface area contributed by atoms with Crippen LogP contribution < -0.4 is 10.4 Å². The number of carbonyl (C=O) groups is 1. The molecule has 0 radical (unpaired) electrons. The molecule has 0 aliphatic carbocycles. The molecule has 7 rings (SSSR count). The molecule has 12 heteroatoms. The van der Waals surface area contributed by atoms with Gasteiger partial charge >= 0.3 is 5.69 Å². The van der Waals surface area contributed by atoms with E-state index in [0.717, 1.165) is 41.7 Å². The van der Waals surface area contributed by atoms with Crippen LogP contribution >= 0.6 is 11.6 Å². The Balaban J connectivity index is 1.12. The third-order valence-electron chi connectivity index (χ3n) is 8.61. The highest BCUT2D eigenvalue weighted by molar-refractivity contribution is 6.33. The predicted molar refractivity (Wildman–Crippen MR) is 164 cm³/mol. The second-order valence-electron chi connectivity index (χ2n) is 11.2. The fourth-order valence-electron chi connectivity index (χ4n) is 6.43. The number of pyridine rings is 1. The van der Waals surface area contributed by atoms with Crippen molar-refractivity contribution in [1.29, 1.82) is 0 Å². The van der Waals surface area contributed by atoms with Gasteiger partial charge in [-0.15, -0.1) is 0 Å². The molecule has 0 bridgehead atoms. The number of fused-ring (bicyclic) bond motifs is 2. The quantitative estimate of drug-likeness (QED) is 0.285. The Kier molecular flexibility index (Phi) is 7.58. The van der Waals surface area contributed by atoms with Gasteiger partial charge in [0.25, 0.3) is 0 Å². The van der Waals surface area contributed by atoms with Crippen LogP contribution in [0, 0.1) is 0 Å². The molecule has 6 heterocycles. The standard InChI is InChI=1S/C31H33ClN8O3/c32-24-7-2-1-6-22(24)23-18-39(29-27(23)30(35-20-34-29)43-17-16-37-12-3-4-13-37)19-26(41)38-14-9-21(10-15-38)40-25-8-5-11-33-28(25)36-31(40)42/h1-2,5-8,11,18,20-21H,3-4,9-10,12-17,19H2,(H,33,36,42). The molecule has 222 valence electrons. The number of ether oxygens (including phenoxy) is 1. The molecule has 5 aromatic rings. The van der Waals surface area contributed by atoms with Gasteiger partial charge in [-0.05, 0) is 57.0 Å². The fourth-order valence-corrected chi connectivity index (χ4v) is 6.66. The maximum absolute atomic E-state index is 13.6. The van der Waals surface area contributed by atoms with Crippen molar-refractivity contribution in [2.45, 2.75) is 38.3 Å². The van der Waals surface area contributed by atoms with Gasteiger partial charge in [0.1, 0.15) is 25.1 Å². The van der Waals surface area contributed by atoms with Gasteiger partial charge in [0, 0.05) is 54.2 Å². The zero-order valence-corrected chi connectivity index (χ0v) is 24.5. The molecule has 2 saturated heterocycles. The Labute approximate surface area is 253 Å². The summed E-state index contributed by atoms with van der Waals surface area (Å²) in [5.74, 6) is 0.480. The molecule has 43 heavy (non-hydrogen) atoms. The monoisotopic (exact) mass is 600 g/mol. The largest absolute Gasteiger partial charge is 0.476 e. The minimum atomic E-state index is -0.164. The number of H-pyrrole nitrogens is 1. The highest BCUT2D eigenvalue weighted by Crippen LogP contribution is 2.38. The van der Waals surface area contributed by atoms with Crippen LogP contribution in [0.25, 0.3) is 33.3 Å². The topological polar surface area (TPSA) is 114 Å². The predicted octanol–water partition coefficient (Wildman–Crippen LogP) is 4.13. The fraction of sp³-hybridized carbons (Fsp3) is 0.387. The van der Waals surface area contributed by atoms with Crippen LogP contribution in [0.15, 0.2) is 59.9 Å². The minimum Gasteiger partial charge on any atom is -0.476 e. The van der Waals surface area contributed by atoms with Gasteiger partial charge in [-0.1, -0.05) is 29.8 Å². The number of benzene rings is 1. The number of nitrogens with one attached hydrogen (secondary N) is 1. The van der Waals surface area contributed by atoms with E-state index in [0.29, 0.717) is 54.7 Å². The molecule has 11 nitrogen and oxygen atoms in total. The van der Waals surface area contributed by atoms with Gasteiger partial charge in [0.15, 0.2) is 5.65 Å². The first-order valence-electron chi connectivity index (χ1n) is 14.8. The number of hydrogen-bond acceptors (Lipinski definition) is 7. The lowest BCUT2D eigenvalue weighted by Gasteiger charge is -2.32. The summed E-state index contributed by atoms with van der Waals surface area (Å²) in [6.45, 7) is 4.77. The van der Waals surface area contributed by atoms with Crippen LogP contribution in [0.2, 0.25) is 5.02 Å². The minimum absolute atomic E-state index is 0.00161. The Morgan fingerprint density at radius 3 is 2.63 bits per heavy atom. The Bertz CT molecular complexity index is 1830. The lowest BCUT2D eigenvalue weighted by atomic mass is 10.0. The second-order valence-corrected chi connectivity index (χ2v) is 11.6. The van der Waals surface area contributed by atoms with E-state index in [2.05, 4.69) is 24.8 Å². The van der Waals surface area contributed by atoms with E-state index in [4.69, 9.17) is 16.3 Å². The van der Waals surface area contributed by atoms with Gasteiger partial charge in [-0.2, -0.15) is 0 Å². The Hall–Kier alpha value is -4.22. The molecule has 0 spiro atoms. The van der Waals surface area contributed by atoms with E-state index in [1.807, 2.05) is 52.1 Å². The summed E-state index contributed by atoms with van der Waals surface area (Å²) in [4.78, 5) is 46.7. The highest BCUT2D eigenvalue weighted by atomic mass is 35.5. The highest BCUT2D eigenvalue weighted by Gasteiger charge is 2.28. The molecule has 0 unspecified atom stereocenters. The van der Waals surface area contributed by atoms with E-state index in [1.54, 1.807) is 10.8 Å². The third-order valence-corrected chi connectivity index (χ3v) is 8.94. The summed E-state index contributed by atoms with van der Waals surface area (Å²) in [7, 11) is 0. The SMILES string of the molecule is O=C(Cn1cc(-c2ccccc2Cl)c2c(OCCN3CCCC3)ncnc21)N1CCC(n2c(=O)[nH]c3ncccc32)CC1. The molecule has 2 fully saturated rings. The number of aromatic nitrogens is 6. The van der Waals surface area contributed by atoms with Crippen LogP contribution in [-0.4, -0.2) is 84.1 Å². The van der Waals surface area contributed by atoms with Gasteiger partial charge in [0.2, 0.25) is 11.8 Å². The maximum Gasteiger partial charge on any atom is 0.327 e. The number of amides is 1.